The van der Waals surface area contributed by atoms with Gasteiger partial charge in [-0.2, -0.15) is 0 Å². The van der Waals surface area contributed by atoms with Crippen molar-refractivity contribution in [2.24, 2.45) is 0 Å². The number of aliphatic hydroxyl groups is 3. The minimum Gasteiger partial charge on any atom is -0.489 e. The van der Waals surface area contributed by atoms with Crippen LogP contribution in [0.2, 0.25) is 0 Å². The largest absolute Gasteiger partial charge is 0.489 e. The van der Waals surface area contributed by atoms with E-state index in [0.717, 1.165) is 5.56 Å². The van der Waals surface area contributed by atoms with Crippen LogP contribution < -0.4 is 10.1 Å². The van der Waals surface area contributed by atoms with E-state index in [1.54, 1.807) is 18.2 Å². The average Bonchev–Trinajstić information content (AvgIpc) is 2.87. The fourth-order valence-electron chi connectivity index (χ4n) is 3.49. The van der Waals surface area contributed by atoms with E-state index in [1.807, 2.05) is 35.6 Å². The summed E-state index contributed by atoms with van der Waals surface area (Å²) in [5.41, 5.74) is 0.732. The number of aliphatic carboxylic acids is 1. The van der Waals surface area contributed by atoms with Gasteiger partial charge in [0.05, 0.1) is 18.3 Å². The van der Waals surface area contributed by atoms with E-state index in [9.17, 15) is 35.0 Å². The highest BCUT2D eigenvalue weighted by atomic mass is 16.6. The van der Waals surface area contributed by atoms with Crippen molar-refractivity contribution in [3.05, 3.63) is 75.3 Å². The Kier molecular flexibility index (Phi) is 10.9. The first-order valence-electron chi connectivity index (χ1n) is 11.5. The standard InChI is InChI=1S/C25H32N2O10/c1-25(2,37-22(21(30)24(32)33)23(31)26-15-27(34)35)11-10-19(29)17-8-9-20(18(12-17)13-28)36-14-16-6-4-3-5-7-16/h3-9,12,19,21-22,28-30H,10-11,13-15H2,1-2H3,(H,26,31)(H,32,33)/t19-,21?,22?/m0/s1. The van der Waals surface area contributed by atoms with E-state index in [0.29, 0.717) is 23.5 Å². The van der Waals surface area contributed by atoms with E-state index in [1.165, 1.54) is 13.8 Å². The summed E-state index contributed by atoms with van der Waals surface area (Å²) in [6.45, 7) is 2.08. The first-order valence-corrected chi connectivity index (χ1v) is 11.5. The van der Waals surface area contributed by atoms with Gasteiger partial charge in [0.25, 0.3) is 12.6 Å². The molecule has 2 aromatic carbocycles. The second kappa shape index (κ2) is 13.7. The van der Waals surface area contributed by atoms with Gasteiger partial charge >= 0.3 is 5.97 Å². The van der Waals surface area contributed by atoms with Gasteiger partial charge in [-0.3, -0.25) is 20.2 Å². The van der Waals surface area contributed by atoms with Gasteiger partial charge in [-0.05, 0) is 49.9 Å². The van der Waals surface area contributed by atoms with Gasteiger partial charge in [0.2, 0.25) is 0 Å². The first kappa shape index (κ1) is 29.6. The maximum atomic E-state index is 12.2. The molecule has 12 heteroatoms. The monoisotopic (exact) mass is 520 g/mol. The Balaban J connectivity index is 2.03. The number of carbonyl (C=O) groups is 2. The molecule has 12 nitrogen and oxygen atoms in total. The molecular weight excluding hydrogens is 488 g/mol. The van der Waals surface area contributed by atoms with Crippen LogP contribution in [0.3, 0.4) is 0 Å². The predicted octanol–water partition coefficient (Wildman–Crippen LogP) is 1.53. The number of carbonyl (C=O) groups excluding carboxylic acids is 1. The molecule has 0 saturated carbocycles. The number of aliphatic hydroxyl groups excluding tert-OH is 3. The van der Waals surface area contributed by atoms with Crippen molar-refractivity contribution in [3.8, 4) is 5.75 Å². The lowest BCUT2D eigenvalue weighted by molar-refractivity contribution is -0.483. The second-order valence-corrected chi connectivity index (χ2v) is 8.97. The molecule has 0 aliphatic carbocycles. The highest BCUT2D eigenvalue weighted by molar-refractivity contribution is 5.87. The summed E-state index contributed by atoms with van der Waals surface area (Å²) >= 11 is 0. The lowest BCUT2D eigenvalue weighted by Crippen LogP contribution is -2.51. The Bertz CT molecular complexity index is 1060. The van der Waals surface area contributed by atoms with E-state index < -0.39 is 47.4 Å². The van der Waals surface area contributed by atoms with Crippen LogP contribution in [0, 0.1) is 10.1 Å². The number of ether oxygens (including phenoxy) is 2. The molecule has 2 aromatic rings. The number of nitrogens with zero attached hydrogens (tertiary/aromatic N) is 1. The van der Waals surface area contributed by atoms with Crippen molar-refractivity contribution in [3.63, 3.8) is 0 Å². The van der Waals surface area contributed by atoms with Crippen LogP contribution in [-0.4, -0.2) is 61.7 Å². The fraction of sp³-hybridized carbons (Fsp3) is 0.440. The Morgan fingerprint density at radius 2 is 1.81 bits per heavy atom. The number of hydrogen-bond acceptors (Lipinski definition) is 9. The Labute approximate surface area is 213 Å². The minimum absolute atomic E-state index is 0.120. The van der Waals surface area contributed by atoms with Crippen molar-refractivity contribution in [1.82, 2.24) is 5.32 Å². The number of benzene rings is 2. The molecule has 0 aliphatic rings. The molecule has 0 aliphatic heterocycles. The smallest absolute Gasteiger partial charge is 0.335 e. The number of nitrogens with one attached hydrogen (secondary N) is 1. The molecule has 0 radical (unpaired) electrons. The molecule has 202 valence electrons. The van der Waals surface area contributed by atoms with Crippen LogP contribution in [0.4, 0.5) is 0 Å². The highest BCUT2D eigenvalue weighted by Gasteiger charge is 2.38. The zero-order valence-corrected chi connectivity index (χ0v) is 20.6. The second-order valence-electron chi connectivity index (χ2n) is 8.97. The van der Waals surface area contributed by atoms with Gasteiger partial charge in [-0.15, -0.1) is 0 Å². The SMILES string of the molecule is CC(C)(CC[C@H](O)c1ccc(OCc2ccccc2)c(CO)c1)OC(C(=O)NC[N+](=O)[O-])C(O)C(=O)O. The van der Waals surface area contributed by atoms with E-state index in [2.05, 4.69) is 0 Å². The van der Waals surface area contributed by atoms with E-state index in [4.69, 9.17) is 14.6 Å². The summed E-state index contributed by atoms with van der Waals surface area (Å²) in [4.78, 5) is 33.1. The average molecular weight is 521 g/mol. The van der Waals surface area contributed by atoms with Gasteiger partial charge in [-0.1, -0.05) is 36.4 Å². The van der Waals surface area contributed by atoms with Crippen LogP contribution >= 0.6 is 0 Å². The molecule has 3 atom stereocenters. The molecule has 0 saturated heterocycles. The van der Waals surface area contributed by atoms with Crippen molar-refractivity contribution in [1.29, 1.82) is 0 Å². The summed E-state index contributed by atoms with van der Waals surface area (Å²) < 4.78 is 11.3. The normalized spacial score (nSPS) is 13.9. The number of hydrogen-bond donors (Lipinski definition) is 5. The summed E-state index contributed by atoms with van der Waals surface area (Å²) in [7, 11) is 0. The molecule has 0 fully saturated rings. The van der Waals surface area contributed by atoms with Crippen LogP contribution in [0.5, 0.6) is 5.75 Å². The van der Waals surface area contributed by atoms with Crippen molar-refractivity contribution in [2.45, 2.75) is 63.8 Å². The third-order valence-corrected chi connectivity index (χ3v) is 5.52. The van der Waals surface area contributed by atoms with E-state index >= 15 is 0 Å². The lowest BCUT2D eigenvalue weighted by atomic mass is 9.95. The lowest BCUT2D eigenvalue weighted by Gasteiger charge is -2.32. The number of amides is 1. The zero-order chi connectivity index (χ0) is 27.6. The quantitative estimate of drug-likeness (QED) is 0.131. The molecule has 0 heterocycles. The van der Waals surface area contributed by atoms with Gasteiger partial charge < -0.3 is 29.9 Å². The molecule has 2 unspecified atom stereocenters. The highest BCUT2D eigenvalue weighted by Crippen LogP contribution is 2.30. The number of nitro groups is 1. The molecule has 0 bridgehead atoms. The third-order valence-electron chi connectivity index (χ3n) is 5.52. The first-order chi connectivity index (χ1) is 17.4. The molecule has 37 heavy (non-hydrogen) atoms. The van der Waals surface area contributed by atoms with Crippen molar-refractivity contribution >= 4 is 11.9 Å². The Morgan fingerprint density at radius 1 is 1.14 bits per heavy atom. The Morgan fingerprint density at radius 3 is 2.41 bits per heavy atom. The summed E-state index contributed by atoms with van der Waals surface area (Å²) in [5.74, 6) is -2.42. The summed E-state index contributed by atoms with van der Waals surface area (Å²) in [6, 6.07) is 14.4. The van der Waals surface area contributed by atoms with Gasteiger partial charge in [0.1, 0.15) is 12.4 Å². The maximum absolute atomic E-state index is 12.2. The van der Waals surface area contributed by atoms with Gasteiger partial charge in [-0.25, -0.2) is 4.79 Å². The number of carboxylic acids is 1. The fourth-order valence-corrected chi connectivity index (χ4v) is 3.49. The molecule has 1 amide bonds. The van der Waals surface area contributed by atoms with Gasteiger partial charge in [0.15, 0.2) is 12.2 Å². The van der Waals surface area contributed by atoms with Crippen LogP contribution in [-0.2, 0) is 27.5 Å². The third kappa shape index (κ3) is 9.42. The molecule has 0 aromatic heterocycles. The molecule has 0 spiro atoms. The minimum atomic E-state index is -2.26. The summed E-state index contributed by atoms with van der Waals surface area (Å²) in [6.07, 6.45) is -4.92. The Hall–Kier alpha value is -3.58. The molecule has 2 rings (SSSR count). The molecular formula is C25H32N2O10. The van der Waals surface area contributed by atoms with Crippen LogP contribution in [0.25, 0.3) is 0 Å². The predicted molar refractivity (Wildman–Crippen MR) is 130 cm³/mol. The van der Waals surface area contributed by atoms with Crippen molar-refractivity contribution < 1.29 is 44.4 Å². The van der Waals surface area contributed by atoms with Crippen LogP contribution in [0.15, 0.2) is 48.5 Å². The van der Waals surface area contributed by atoms with Crippen molar-refractivity contribution in [2.75, 3.05) is 6.67 Å². The van der Waals surface area contributed by atoms with Crippen LogP contribution in [0.1, 0.15) is 49.5 Å². The summed E-state index contributed by atoms with van der Waals surface area (Å²) in [5, 5.41) is 51.9. The molecule has 5 N–H and O–H groups in total. The van der Waals surface area contributed by atoms with E-state index in [-0.39, 0.29) is 19.4 Å². The van der Waals surface area contributed by atoms with Gasteiger partial charge in [0, 0.05) is 10.5 Å². The maximum Gasteiger partial charge on any atom is 0.335 e. The number of carboxylic acid groups (broad SMARTS) is 1. The zero-order valence-electron chi connectivity index (χ0n) is 20.6. The topological polar surface area (TPSA) is 189 Å². The number of rotatable bonds is 15.